The molecule has 0 unspecified atom stereocenters. The number of anilines is 2. The molecular formula is C25H34ClN5O4. The van der Waals surface area contributed by atoms with E-state index in [1.165, 1.54) is 0 Å². The molecule has 1 aliphatic rings. The van der Waals surface area contributed by atoms with Crippen molar-refractivity contribution >= 4 is 35.0 Å². The number of aromatic nitrogens is 2. The normalized spacial score (nSPS) is 14.4. The van der Waals surface area contributed by atoms with Crippen LogP contribution in [0, 0.1) is 5.92 Å². The molecule has 0 saturated carbocycles. The molecule has 1 saturated heterocycles. The van der Waals surface area contributed by atoms with Crippen LogP contribution in [0.3, 0.4) is 0 Å². The van der Waals surface area contributed by atoms with Gasteiger partial charge in [-0.05, 0) is 57.7 Å². The Morgan fingerprint density at radius 3 is 2.60 bits per heavy atom. The van der Waals surface area contributed by atoms with Gasteiger partial charge in [-0.25, -0.2) is 9.78 Å². The average Bonchev–Trinajstić information content (AvgIpc) is 2.82. The molecule has 0 bridgehead atoms. The molecule has 1 aromatic heterocycles. The van der Waals surface area contributed by atoms with Crippen LogP contribution in [-0.2, 0) is 9.53 Å². The summed E-state index contributed by atoms with van der Waals surface area (Å²) >= 11 is 6.43. The molecular weight excluding hydrogens is 470 g/mol. The monoisotopic (exact) mass is 503 g/mol. The summed E-state index contributed by atoms with van der Waals surface area (Å²) in [6.45, 7) is 7.72. The molecule has 0 aliphatic carbocycles. The van der Waals surface area contributed by atoms with Gasteiger partial charge in [0.15, 0.2) is 0 Å². The van der Waals surface area contributed by atoms with Gasteiger partial charge in [-0.15, -0.1) is 0 Å². The van der Waals surface area contributed by atoms with Crippen LogP contribution in [0.25, 0.3) is 0 Å². The smallest absolute Gasteiger partial charge is 0.340 e. The van der Waals surface area contributed by atoms with Crippen LogP contribution in [0.2, 0.25) is 5.02 Å². The minimum absolute atomic E-state index is 0.00363. The van der Waals surface area contributed by atoms with E-state index >= 15 is 0 Å². The fourth-order valence-electron chi connectivity index (χ4n) is 3.93. The second-order valence-corrected chi connectivity index (χ2v) is 10.0. The summed E-state index contributed by atoms with van der Waals surface area (Å²) in [5.74, 6) is 0.768. The molecule has 0 radical (unpaired) electrons. The second kappa shape index (κ2) is 11.6. The number of piperidine rings is 1. The van der Waals surface area contributed by atoms with Crippen molar-refractivity contribution in [3.8, 4) is 6.01 Å². The lowest BCUT2D eigenvalue weighted by Crippen LogP contribution is -2.43. The Morgan fingerprint density at radius 1 is 1.23 bits per heavy atom. The number of rotatable bonds is 8. The third-order valence-corrected chi connectivity index (χ3v) is 6.15. The zero-order valence-corrected chi connectivity index (χ0v) is 21.8. The number of amides is 1. The number of esters is 1. The summed E-state index contributed by atoms with van der Waals surface area (Å²) in [5.41, 5.74) is 0.174. The molecule has 35 heavy (non-hydrogen) atoms. The van der Waals surface area contributed by atoms with Crippen LogP contribution in [-0.4, -0.2) is 72.7 Å². The lowest BCUT2D eigenvalue weighted by atomic mass is 9.96. The largest absolute Gasteiger partial charge is 0.467 e. The molecule has 2 aromatic rings. The zero-order valence-electron chi connectivity index (χ0n) is 21.0. The van der Waals surface area contributed by atoms with E-state index in [0.29, 0.717) is 30.7 Å². The van der Waals surface area contributed by atoms with Gasteiger partial charge in [-0.1, -0.05) is 17.7 Å². The second-order valence-electron chi connectivity index (χ2n) is 9.63. The SMILES string of the molecule is COc1nccc(N(C)CC2CCN(C(=O)CNc3cccc(C(=O)OC(C)(C)C)c3Cl)CC2)n1. The Kier molecular flexibility index (Phi) is 8.77. The van der Waals surface area contributed by atoms with E-state index in [-0.39, 0.29) is 23.0 Å². The number of methoxy groups -OCH3 is 1. The lowest BCUT2D eigenvalue weighted by molar-refractivity contribution is -0.130. The number of nitrogens with one attached hydrogen (secondary N) is 1. The van der Waals surface area contributed by atoms with Gasteiger partial charge in [0.25, 0.3) is 0 Å². The first kappa shape index (κ1) is 26.5. The average molecular weight is 504 g/mol. The maximum Gasteiger partial charge on any atom is 0.340 e. The van der Waals surface area contributed by atoms with Crippen molar-refractivity contribution in [2.24, 2.45) is 5.92 Å². The number of likely N-dealkylation sites (tertiary alicyclic amines) is 1. The molecule has 190 valence electrons. The van der Waals surface area contributed by atoms with E-state index in [9.17, 15) is 9.59 Å². The molecule has 9 nitrogen and oxygen atoms in total. The first-order valence-corrected chi connectivity index (χ1v) is 12.1. The first-order valence-electron chi connectivity index (χ1n) is 11.7. The van der Waals surface area contributed by atoms with Gasteiger partial charge in [-0.2, -0.15) is 4.98 Å². The van der Waals surface area contributed by atoms with E-state index in [1.54, 1.807) is 52.3 Å². The molecule has 1 N–H and O–H groups in total. The molecule has 1 fully saturated rings. The van der Waals surface area contributed by atoms with Gasteiger partial charge in [0.05, 0.1) is 29.9 Å². The van der Waals surface area contributed by atoms with Crippen LogP contribution < -0.4 is 15.0 Å². The molecule has 0 spiro atoms. The van der Waals surface area contributed by atoms with E-state index in [0.717, 1.165) is 25.2 Å². The maximum absolute atomic E-state index is 12.8. The number of nitrogens with zero attached hydrogens (tertiary/aromatic N) is 4. The van der Waals surface area contributed by atoms with Gasteiger partial charge in [0.2, 0.25) is 5.91 Å². The van der Waals surface area contributed by atoms with E-state index < -0.39 is 11.6 Å². The van der Waals surface area contributed by atoms with Crippen molar-refractivity contribution in [2.45, 2.75) is 39.2 Å². The Labute approximate surface area is 211 Å². The van der Waals surface area contributed by atoms with Crippen molar-refractivity contribution in [3.63, 3.8) is 0 Å². The molecule has 3 rings (SSSR count). The molecule has 1 aliphatic heterocycles. The molecule has 10 heteroatoms. The number of hydrogen-bond acceptors (Lipinski definition) is 8. The number of carbonyl (C=O) groups is 2. The number of hydrogen-bond donors (Lipinski definition) is 1. The molecule has 1 amide bonds. The molecule has 1 aromatic carbocycles. The quantitative estimate of drug-likeness (QED) is 0.542. The van der Waals surface area contributed by atoms with Crippen LogP contribution in [0.5, 0.6) is 6.01 Å². The van der Waals surface area contributed by atoms with E-state index in [2.05, 4.69) is 20.2 Å². The Bertz CT molecular complexity index is 1030. The zero-order chi connectivity index (χ0) is 25.6. The first-order chi connectivity index (χ1) is 16.6. The number of halogens is 1. The van der Waals surface area contributed by atoms with Crippen molar-refractivity contribution in [1.29, 1.82) is 0 Å². The van der Waals surface area contributed by atoms with E-state index in [1.807, 2.05) is 18.0 Å². The summed E-state index contributed by atoms with van der Waals surface area (Å²) in [6.07, 6.45) is 3.50. The Balaban J connectivity index is 1.49. The van der Waals surface area contributed by atoms with Gasteiger partial charge >= 0.3 is 12.0 Å². The number of benzene rings is 1. The predicted octanol–water partition coefficient (Wildman–Crippen LogP) is 3.88. The highest BCUT2D eigenvalue weighted by molar-refractivity contribution is 6.36. The summed E-state index contributed by atoms with van der Waals surface area (Å²) < 4.78 is 10.5. The third-order valence-electron chi connectivity index (χ3n) is 5.74. The lowest BCUT2D eigenvalue weighted by Gasteiger charge is -2.34. The predicted molar refractivity (Wildman–Crippen MR) is 136 cm³/mol. The van der Waals surface area contributed by atoms with Crippen molar-refractivity contribution in [3.05, 3.63) is 41.0 Å². The minimum atomic E-state index is -0.623. The summed E-state index contributed by atoms with van der Waals surface area (Å²) in [6, 6.07) is 7.28. The number of carbonyl (C=O) groups excluding carboxylic acids is 2. The van der Waals surface area contributed by atoms with Gasteiger partial charge in [-0.3, -0.25) is 4.79 Å². The van der Waals surface area contributed by atoms with Crippen LogP contribution >= 0.6 is 11.6 Å². The standard InChI is InChI=1S/C25H34ClN5O4/c1-25(2,3)35-23(33)18-7-6-8-19(22(18)26)28-15-21(32)31-13-10-17(11-14-31)16-30(4)20-9-12-27-24(29-20)34-5/h6-9,12,17,28H,10-11,13-16H2,1-5H3. The Hall–Kier alpha value is -3.07. The molecule has 2 heterocycles. The summed E-state index contributed by atoms with van der Waals surface area (Å²) in [7, 11) is 3.55. The molecule has 0 atom stereocenters. The fraction of sp³-hybridized carbons (Fsp3) is 0.520. The van der Waals surface area contributed by atoms with Crippen LogP contribution in [0.15, 0.2) is 30.5 Å². The Morgan fingerprint density at radius 2 is 1.94 bits per heavy atom. The van der Waals surface area contributed by atoms with Crippen molar-refractivity contribution < 1.29 is 19.1 Å². The summed E-state index contributed by atoms with van der Waals surface area (Å²) in [4.78, 5) is 37.6. The number of ether oxygens (including phenoxy) is 2. The van der Waals surface area contributed by atoms with Crippen LogP contribution in [0.1, 0.15) is 44.0 Å². The maximum atomic E-state index is 12.8. The minimum Gasteiger partial charge on any atom is -0.467 e. The highest BCUT2D eigenvalue weighted by Gasteiger charge is 2.25. The van der Waals surface area contributed by atoms with Crippen LogP contribution in [0.4, 0.5) is 11.5 Å². The fourth-order valence-corrected chi connectivity index (χ4v) is 4.20. The topological polar surface area (TPSA) is 96.9 Å². The van der Waals surface area contributed by atoms with Gasteiger partial charge < -0.3 is 24.6 Å². The van der Waals surface area contributed by atoms with E-state index in [4.69, 9.17) is 21.1 Å². The van der Waals surface area contributed by atoms with Crippen molar-refractivity contribution in [2.75, 3.05) is 50.6 Å². The van der Waals surface area contributed by atoms with Gasteiger partial charge in [0.1, 0.15) is 11.4 Å². The van der Waals surface area contributed by atoms with Gasteiger partial charge in [0, 0.05) is 32.9 Å². The summed E-state index contributed by atoms with van der Waals surface area (Å²) in [5, 5.41) is 3.33. The highest BCUT2D eigenvalue weighted by atomic mass is 35.5. The third kappa shape index (κ3) is 7.45. The highest BCUT2D eigenvalue weighted by Crippen LogP contribution is 2.28. The van der Waals surface area contributed by atoms with Crippen molar-refractivity contribution in [1.82, 2.24) is 14.9 Å².